The normalized spacial score (nSPS) is 39.2. The van der Waals surface area contributed by atoms with Crippen LogP contribution >= 0.6 is 35.0 Å². The quantitative estimate of drug-likeness (QED) is 0.631. The van der Waals surface area contributed by atoms with Gasteiger partial charge in [0.05, 0.1) is 5.41 Å². The lowest BCUT2D eigenvalue weighted by Gasteiger charge is -2.56. The molecule has 1 heterocycles. The number of carbonyl (C=O) groups is 1. The fourth-order valence-corrected chi connectivity index (χ4v) is 8.18. The van der Waals surface area contributed by atoms with Crippen molar-refractivity contribution in [2.24, 2.45) is 23.2 Å². The van der Waals surface area contributed by atoms with E-state index in [0.717, 1.165) is 54.9 Å². The Bertz CT molecular complexity index is 686. The smallest absolute Gasteiger partial charge is 0.230 e. The monoisotopic (exact) mass is 395 g/mol. The van der Waals surface area contributed by atoms with Crippen molar-refractivity contribution in [3.63, 3.8) is 0 Å². The van der Waals surface area contributed by atoms with Crippen LogP contribution in [0.15, 0.2) is 18.2 Å². The first-order valence-corrected chi connectivity index (χ1v) is 11.2. The molecule has 5 fully saturated rings. The molecule has 0 aromatic heterocycles. The largest absolute Gasteiger partial charge is 0.325 e. The maximum atomic E-state index is 13.7. The molecule has 134 valence electrons. The van der Waals surface area contributed by atoms with Gasteiger partial charge in [0.25, 0.3) is 0 Å². The summed E-state index contributed by atoms with van der Waals surface area (Å²) in [6.45, 7) is 0.842. The predicted octanol–water partition coefficient (Wildman–Crippen LogP) is 5.78. The van der Waals surface area contributed by atoms with Crippen LogP contribution in [-0.4, -0.2) is 23.1 Å². The van der Waals surface area contributed by atoms with Crippen LogP contribution in [0.2, 0.25) is 10.0 Å². The third kappa shape index (κ3) is 2.73. The summed E-state index contributed by atoms with van der Waals surface area (Å²) in [4.78, 5) is 15.8. The molecule has 6 rings (SSSR count). The number of amides is 1. The molecule has 1 aliphatic heterocycles. The zero-order valence-corrected chi connectivity index (χ0v) is 16.5. The van der Waals surface area contributed by atoms with Crippen molar-refractivity contribution in [2.45, 2.75) is 43.9 Å². The fraction of sp³-hybridized carbons (Fsp3) is 0.650. The molecule has 4 bridgehead atoms. The van der Waals surface area contributed by atoms with Crippen molar-refractivity contribution in [3.8, 4) is 0 Å². The second kappa shape index (κ2) is 6.07. The second-order valence-electron chi connectivity index (χ2n) is 8.59. The maximum absolute atomic E-state index is 13.7. The standard InChI is InChI=1S/C20H23Cl2NOS/c21-15-1-2-16(17(22)8-15)18-23(3-4-25-18)19(24)20-9-12-5-13(10-20)7-14(6-12)11-20/h1-2,8,12-14,18H,3-7,9-11H2. The molecule has 25 heavy (non-hydrogen) atoms. The highest BCUT2D eigenvalue weighted by Gasteiger charge is 2.56. The predicted molar refractivity (Wildman–Crippen MR) is 104 cm³/mol. The van der Waals surface area contributed by atoms with Crippen LogP contribution in [0.3, 0.4) is 0 Å². The Kier molecular flexibility index (Phi) is 4.07. The Labute approximate surface area is 163 Å². The summed E-state index contributed by atoms with van der Waals surface area (Å²) in [5.41, 5.74) is 0.961. The fourth-order valence-electron chi connectivity index (χ4n) is 6.31. The summed E-state index contributed by atoms with van der Waals surface area (Å²) >= 11 is 14.4. The minimum atomic E-state index is -0.0726. The van der Waals surface area contributed by atoms with Crippen molar-refractivity contribution < 1.29 is 4.79 Å². The highest BCUT2D eigenvalue weighted by atomic mass is 35.5. The third-order valence-electron chi connectivity index (χ3n) is 6.87. The molecule has 1 saturated heterocycles. The first-order valence-electron chi connectivity index (χ1n) is 9.42. The van der Waals surface area contributed by atoms with Gasteiger partial charge < -0.3 is 4.90 Å². The number of benzene rings is 1. The second-order valence-corrected chi connectivity index (χ2v) is 10.6. The van der Waals surface area contributed by atoms with Crippen molar-refractivity contribution in [3.05, 3.63) is 33.8 Å². The Morgan fingerprint density at radius 3 is 2.32 bits per heavy atom. The van der Waals surface area contributed by atoms with Gasteiger partial charge in [0, 0.05) is 27.9 Å². The van der Waals surface area contributed by atoms with E-state index in [-0.39, 0.29) is 10.8 Å². The highest BCUT2D eigenvalue weighted by molar-refractivity contribution is 7.99. The van der Waals surface area contributed by atoms with Gasteiger partial charge in [-0.05, 0) is 68.4 Å². The van der Waals surface area contributed by atoms with E-state index in [1.807, 2.05) is 23.9 Å². The molecule has 5 aliphatic rings. The molecule has 1 atom stereocenters. The van der Waals surface area contributed by atoms with E-state index in [1.54, 1.807) is 6.07 Å². The van der Waals surface area contributed by atoms with Gasteiger partial charge in [-0.15, -0.1) is 11.8 Å². The van der Waals surface area contributed by atoms with Gasteiger partial charge in [-0.3, -0.25) is 4.79 Å². The van der Waals surface area contributed by atoms with Crippen LogP contribution in [0.4, 0.5) is 0 Å². The van der Waals surface area contributed by atoms with Gasteiger partial charge in [0.15, 0.2) is 0 Å². The minimum absolute atomic E-state index is 0.0465. The number of rotatable bonds is 2. The van der Waals surface area contributed by atoms with Gasteiger partial charge in [0.2, 0.25) is 5.91 Å². The summed E-state index contributed by atoms with van der Waals surface area (Å²) < 4.78 is 0. The van der Waals surface area contributed by atoms with E-state index in [4.69, 9.17) is 23.2 Å². The molecule has 1 amide bonds. The molecule has 4 aliphatic carbocycles. The van der Waals surface area contributed by atoms with Crippen molar-refractivity contribution in [2.75, 3.05) is 12.3 Å². The topological polar surface area (TPSA) is 20.3 Å². The number of carbonyl (C=O) groups excluding carboxylic acids is 1. The van der Waals surface area contributed by atoms with Gasteiger partial charge in [0.1, 0.15) is 5.37 Å². The lowest BCUT2D eigenvalue weighted by Crippen LogP contribution is -2.54. The summed E-state index contributed by atoms with van der Waals surface area (Å²) in [6, 6.07) is 5.67. The Morgan fingerprint density at radius 2 is 1.72 bits per heavy atom. The first kappa shape index (κ1) is 16.8. The summed E-state index contributed by atoms with van der Waals surface area (Å²) in [5, 5.41) is 1.37. The average Bonchev–Trinajstić information content (AvgIpc) is 3.02. The van der Waals surface area contributed by atoms with Gasteiger partial charge in [-0.1, -0.05) is 29.3 Å². The molecule has 1 aromatic carbocycles. The molecule has 0 radical (unpaired) electrons. The van der Waals surface area contributed by atoms with Crippen molar-refractivity contribution >= 4 is 40.9 Å². The minimum Gasteiger partial charge on any atom is -0.325 e. The maximum Gasteiger partial charge on any atom is 0.230 e. The van der Waals surface area contributed by atoms with E-state index < -0.39 is 0 Å². The lowest BCUT2D eigenvalue weighted by molar-refractivity contribution is -0.157. The summed E-state index contributed by atoms with van der Waals surface area (Å²) in [5.74, 6) is 3.78. The highest BCUT2D eigenvalue weighted by Crippen LogP contribution is 2.61. The average molecular weight is 396 g/mol. The van der Waals surface area contributed by atoms with Crippen LogP contribution in [0.5, 0.6) is 0 Å². The zero-order valence-electron chi connectivity index (χ0n) is 14.2. The van der Waals surface area contributed by atoms with Crippen LogP contribution in [0.1, 0.15) is 49.5 Å². The Hall–Kier alpha value is -0.380. The molecule has 2 nitrogen and oxygen atoms in total. The van der Waals surface area contributed by atoms with E-state index in [1.165, 1.54) is 19.3 Å². The number of hydrogen-bond acceptors (Lipinski definition) is 2. The number of halogens is 2. The van der Waals surface area contributed by atoms with Gasteiger partial charge >= 0.3 is 0 Å². The summed E-state index contributed by atoms with van der Waals surface area (Å²) in [6.07, 6.45) is 7.48. The SMILES string of the molecule is O=C(N1CCSC1c1ccc(Cl)cc1Cl)C12CC3CC(CC(C3)C1)C2. The molecule has 5 heteroatoms. The molecule has 1 unspecified atom stereocenters. The molecule has 1 aromatic rings. The molecule has 0 N–H and O–H groups in total. The van der Waals surface area contributed by atoms with E-state index >= 15 is 0 Å². The van der Waals surface area contributed by atoms with Gasteiger partial charge in [-0.25, -0.2) is 0 Å². The van der Waals surface area contributed by atoms with Crippen LogP contribution in [-0.2, 0) is 4.79 Å². The number of hydrogen-bond donors (Lipinski definition) is 0. The Balaban J connectivity index is 1.45. The number of nitrogens with zero attached hydrogens (tertiary/aromatic N) is 1. The zero-order chi connectivity index (χ0) is 17.2. The third-order valence-corrected chi connectivity index (χ3v) is 8.68. The van der Waals surface area contributed by atoms with Crippen LogP contribution in [0, 0.1) is 23.2 Å². The lowest BCUT2D eigenvalue weighted by atomic mass is 9.49. The van der Waals surface area contributed by atoms with Crippen molar-refractivity contribution in [1.29, 1.82) is 0 Å². The molecule has 0 spiro atoms. The Morgan fingerprint density at radius 1 is 1.08 bits per heavy atom. The van der Waals surface area contributed by atoms with E-state index in [9.17, 15) is 4.79 Å². The number of thioether (sulfide) groups is 1. The summed E-state index contributed by atoms with van der Waals surface area (Å²) in [7, 11) is 0. The molecular formula is C20H23Cl2NOS. The van der Waals surface area contributed by atoms with Crippen LogP contribution in [0.25, 0.3) is 0 Å². The molecular weight excluding hydrogens is 373 g/mol. The molecule has 4 saturated carbocycles. The van der Waals surface area contributed by atoms with Crippen molar-refractivity contribution in [1.82, 2.24) is 4.90 Å². The van der Waals surface area contributed by atoms with E-state index in [0.29, 0.717) is 16.0 Å². The van der Waals surface area contributed by atoms with E-state index in [2.05, 4.69) is 4.90 Å². The first-order chi connectivity index (χ1) is 12.0. The van der Waals surface area contributed by atoms with Gasteiger partial charge in [-0.2, -0.15) is 0 Å². The van der Waals surface area contributed by atoms with Crippen LogP contribution < -0.4 is 0 Å².